The topological polar surface area (TPSA) is 144 Å². The van der Waals surface area contributed by atoms with Crippen molar-refractivity contribution in [3.63, 3.8) is 0 Å². The quantitative estimate of drug-likeness (QED) is 0.685. The average molecular weight is 409 g/mol. The number of benzene rings is 2. The van der Waals surface area contributed by atoms with E-state index >= 15 is 0 Å². The lowest BCUT2D eigenvalue weighted by Crippen LogP contribution is -2.16. The maximum absolute atomic E-state index is 13.6. The third-order valence-corrected chi connectivity index (χ3v) is 5.50. The highest BCUT2D eigenvalue weighted by atomic mass is 35.5. The van der Waals surface area contributed by atoms with Crippen molar-refractivity contribution in [2.24, 2.45) is 5.14 Å². The van der Waals surface area contributed by atoms with Crippen LogP contribution in [0.1, 0.15) is 10.4 Å². The monoisotopic (exact) mass is 408 g/mol. The van der Waals surface area contributed by atoms with Crippen LogP contribution in [0.5, 0.6) is 0 Å². The number of carbonyl (C=O) groups is 1. The Balaban J connectivity index is 2.49. The minimum absolute atomic E-state index is 0.149. The van der Waals surface area contributed by atoms with Crippen molar-refractivity contribution >= 4 is 43.3 Å². The van der Waals surface area contributed by atoms with Gasteiger partial charge in [-0.25, -0.2) is 31.2 Å². The summed E-state index contributed by atoms with van der Waals surface area (Å²) in [5.41, 5.74) is -1.07. The van der Waals surface area contributed by atoms with Gasteiger partial charge in [0.15, 0.2) is 5.82 Å². The lowest BCUT2D eigenvalue weighted by Gasteiger charge is -2.11. The van der Waals surface area contributed by atoms with Gasteiger partial charge in [-0.2, -0.15) is 0 Å². The number of sulfonamides is 2. The molecule has 25 heavy (non-hydrogen) atoms. The zero-order chi connectivity index (χ0) is 19.0. The molecule has 0 bridgehead atoms. The van der Waals surface area contributed by atoms with Crippen LogP contribution in [0, 0.1) is 5.82 Å². The van der Waals surface area contributed by atoms with Gasteiger partial charge in [-0.1, -0.05) is 17.7 Å². The van der Waals surface area contributed by atoms with E-state index in [1.54, 1.807) is 0 Å². The second-order valence-corrected chi connectivity index (χ2v) is 8.40. The Morgan fingerprint density at radius 3 is 2.32 bits per heavy atom. The van der Waals surface area contributed by atoms with Crippen molar-refractivity contribution in [3.05, 3.63) is 52.8 Å². The van der Waals surface area contributed by atoms with Gasteiger partial charge in [0.25, 0.3) is 10.0 Å². The van der Waals surface area contributed by atoms with Gasteiger partial charge in [-0.05, 0) is 30.3 Å². The molecule has 0 amide bonds. The molecule has 0 saturated heterocycles. The lowest BCUT2D eigenvalue weighted by atomic mass is 10.2. The third kappa shape index (κ3) is 4.25. The molecule has 0 unspecified atom stereocenters. The summed E-state index contributed by atoms with van der Waals surface area (Å²) in [6, 6.07) is 5.94. The predicted octanol–water partition coefficient (Wildman–Crippen LogP) is 1.63. The summed E-state index contributed by atoms with van der Waals surface area (Å²) in [4.78, 5) is 10.0. The van der Waals surface area contributed by atoms with Gasteiger partial charge >= 0.3 is 5.97 Å². The highest BCUT2D eigenvalue weighted by Crippen LogP contribution is 2.26. The summed E-state index contributed by atoms with van der Waals surface area (Å²) in [7, 11) is -8.43. The van der Waals surface area contributed by atoms with E-state index < -0.39 is 47.3 Å². The molecule has 8 nitrogen and oxygen atoms in total. The van der Waals surface area contributed by atoms with Gasteiger partial charge < -0.3 is 5.11 Å². The maximum Gasteiger partial charge on any atom is 0.338 e. The Morgan fingerprint density at radius 1 is 1.12 bits per heavy atom. The molecule has 0 atom stereocenters. The van der Waals surface area contributed by atoms with Gasteiger partial charge in [-0.3, -0.25) is 4.72 Å². The van der Waals surface area contributed by atoms with Gasteiger partial charge in [0.2, 0.25) is 10.0 Å². The smallest absolute Gasteiger partial charge is 0.338 e. The molecule has 2 aromatic carbocycles. The van der Waals surface area contributed by atoms with Gasteiger partial charge in [0.1, 0.15) is 0 Å². The fourth-order valence-corrected chi connectivity index (χ4v) is 3.77. The molecule has 0 spiro atoms. The minimum Gasteiger partial charge on any atom is -0.478 e. The van der Waals surface area contributed by atoms with Crippen molar-refractivity contribution in [3.8, 4) is 0 Å². The highest BCUT2D eigenvalue weighted by Gasteiger charge is 2.22. The summed E-state index contributed by atoms with van der Waals surface area (Å²) < 4.78 is 62.9. The number of hydrogen-bond donors (Lipinski definition) is 3. The third-order valence-electron chi connectivity index (χ3n) is 2.96. The van der Waals surface area contributed by atoms with E-state index in [0.717, 1.165) is 18.2 Å². The number of hydrogen-bond acceptors (Lipinski definition) is 5. The summed E-state index contributed by atoms with van der Waals surface area (Å²) >= 11 is 5.53. The summed E-state index contributed by atoms with van der Waals surface area (Å²) in [5, 5.41) is 13.2. The summed E-state index contributed by atoms with van der Waals surface area (Å²) in [6.45, 7) is 0. The van der Waals surface area contributed by atoms with E-state index in [1.165, 1.54) is 12.1 Å². The van der Waals surface area contributed by atoms with Crippen LogP contribution in [-0.2, 0) is 20.0 Å². The fourth-order valence-electron chi connectivity index (χ4n) is 1.83. The molecular formula is C13H10ClFN2O6S2. The second-order valence-electron chi connectivity index (χ2n) is 4.75. The van der Waals surface area contributed by atoms with Crippen molar-refractivity contribution in [2.45, 2.75) is 9.79 Å². The number of nitrogens with two attached hydrogens (primary N) is 1. The van der Waals surface area contributed by atoms with Crippen LogP contribution in [0.4, 0.5) is 10.1 Å². The zero-order valence-electron chi connectivity index (χ0n) is 12.1. The summed E-state index contributed by atoms with van der Waals surface area (Å²) in [5.74, 6) is -2.97. The molecule has 12 heteroatoms. The van der Waals surface area contributed by atoms with E-state index in [0.29, 0.717) is 6.07 Å². The fraction of sp³-hybridized carbons (Fsp3) is 0. The summed E-state index contributed by atoms with van der Waals surface area (Å²) in [6.07, 6.45) is 0. The number of carboxylic acid groups (broad SMARTS) is 1. The Bertz CT molecular complexity index is 1070. The Morgan fingerprint density at radius 2 is 1.76 bits per heavy atom. The predicted molar refractivity (Wildman–Crippen MR) is 87.0 cm³/mol. The van der Waals surface area contributed by atoms with Crippen molar-refractivity contribution in [1.82, 2.24) is 0 Å². The van der Waals surface area contributed by atoms with E-state index in [1.807, 2.05) is 4.72 Å². The molecule has 0 aromatic heterocycles. The number of carboxylic acids is 1. The van der Waals surface area contributed by atoms with Crippen LogP contribution in [0.3, 0.4) is 0 Å². The second kappa shape index (κ2) is 6.59. The van der Waals surface area contributed by atoms with Gasteiger partial charge in [0, 0.05) is 0 Å². The van der Waals surface area contributed by atoms with Crippen molar-refractivity contribution < 1.29 is 31.1 Å². The Labute approximate surface area is 147 Å². The van der Waals surface area contributed by atoms with Crippen LogP contribution < -0.4 is 9.86 Å². The lowest BCUT2D eigenvalue weighted by molar-refractivity contribution is 0.0691. The average Bonchev–Trinajstić information content (AvgIpc) is 2.48. The molecule has 4 N–H and O–H groups in total. The number of halogens is 2. The molecule has 0 heterocycles. The van der Waals surface area contributed by atoms with Crippen LogP contribution in [-0.4, -0.2) is 27.9 Å². The molecular weight excluding hydrogens is 399 g/mol. The van der Waals surface area contributed by atoms with E-state index in [4.69, 9.17) is 21.8 Å². The number of nitrogens with one attached hydrogen (secondary N) is 1. The number of anilines is 1. The molecule has 2 aromatic rings. The Hall–Kier alpha value is -2.21. The van der Waals surface area contributed by atoms with Gasteiger partial charge in [0.05, 0.1) is 26.1 Å². The van der Waals surface area contributed by atoms with Crippen LogP contribution >= 0.6 is 11.6 Å². The molecule has 0 aliphatic heterocycles. The Kier molecular flexibility index (Phi) is 5.04. The number of primary sulfonamides is 1. The van der Waals surface area contributed by atoms with Crippen LogP contribution in [0.15, 0.2) is 46.2 Å². The standard InChI is InChI=1S/C13H10ClFN2O6S2/c14-11-6-9(5-10(12(11)15)13(18)19)25(22,23)17-7-2-1-3-8(4-7)24(16,20)21/h1-6,17H,(H,18,19)(H2,16,20,21). The van der Waals surface area contributed by atoms with E-state index in [-0.39, 0.29) is 10.6 Å². The van der Waals surface area contributed by atoms with E-state index in [9.17, 15) is 26.0 Å². The van der Waals surface area contributed by atoms with Crippen LogP contribution in [0.25, 0.3) is 0 Å². The number of rotatable bonds is 5. The first-order valence-corrected chi connectivity index (χ1v) is 9.70. The molecule has 134 valence electrons. The highest BCUT2D eigenvalue weighted by molar-refractivity contribution is 7.92. The zero-order valence-corrected chi connectivity index (χ0v) is 14.5. The normalized spacial score (nSPS) is 12.0. The molecule has 2 rings (SSSR count). The minimum atomic E-state index is -4.37. The van der Waals surface area contributed by atoms with Crippen molar-refractivity contribution in [1.29, 1.82) is 0 Å². The molecule has 0 aliphatic rings. The first-order chi connectivity index (χ1) is 11.4. The first-order valence-electron chi connectivity index (χ1n) is 6.30. The van der Waals surface area contributed by atoms with E-state index in [2.05, 4.69) is 0 Å². The van der Waals surface area contributed by atoms with Gasteiger partial charge in [-0.15, -0.1) is 0 Å². The SMILES string of the molecule is NS(=O)(=O)c1cccc(NS(=O)(=O)c2cc(Cl)c(F)c(C(=O)O)c2)c1. The first kappa shape index (κ1) is 19.1. The molecule has 0 saturated carbocycles. The molecule has 0 fully saturated rings. The van der Waals surface area contributed by atoms with Crippen LogP contribution in [0.2, 0.25) is 5.02 Å². The van der Waals surface area contributed by atoms with Crippen molar-refractivity contribution in [2.75, 3.05) is 4.72 Å². The maximum atomic E-state index is 13.6. The largest absolute Gasteiger partial charge is 0.478 e. The molecule has 0 radical (unpaired) electrons. The number of aromatic carboxylic acids is 1. The molecule has 0 aliphatic carbocycles.